The second-order valence-electron chi connectivity index (χ2n) is 7.08. The number of nitrogens with zero attached hydrogens (tertiary/aromatic N) is 4. The van der Waals surface area contributed by atoms with Gasteiger partial charge in [-0.15, -0.1) is 5.10 Å². The second-order valence-corrected chi connectivity index (χ2v) is 7.96. The summed E-state index contributed by atoms with van der Waals surface area (Å²) in [5, 5.41) is 11.4. The molecule has 2 aromatic rings. The molecule has 1 fully saturated rings. The van der Waals surface area contributed by atoms with E-state index in [0.717, 1.165) is 24.8 Å². The van der Waals surface area contributed by atoms with Crippen LogP contribution in [0.3, 0.4) is 0 Å². The number of hydrogen-bond donors (Lipinski definition) is 1. The zero-order valence-corrected chi connectivity index (χ0v) is 17.6. The lowest BCUT2D eigenvalue weighted by atomic mass is 9.94. The van der Waals surface area contributed by atoms with Crippen molar-refractivity contribution in [3.05, 3.63) is 45.7 Å². The van der Waals surface area contributed by atoms with Gasteiger partial charge < -0.3 is 15.0 Å². The molecule has 8 nitrogen and oxygen atoms in total. The highest BCUT2D eigenvalue weighted by Gasteiger charge is 2.24. The fraction of sp³-hybridized carbons (Fsp3) is 0.474. The highest BCUT2D eigenvalue weighted by molar-refractivity contribution is 6.34. The third-order valence-electron chi connectivity index (χ3n) is 4.83. The minimum Gasteiger partial charge on any atom is -0.445 e. The molecule has 0 unspecified atom stereocenters. The van der Waals surface area contributed by atoms with Crippen molar-refractivity contribution in [3.63, 3.8) is 0 Å². The summed E-state index contributed by atoms with van der Waals surface area (Å²) < 4.78 is 6.87. The Bertz CT molecular complexity index is 845. The number of piperidine rings is 1. The molecule has 2 amide bonds. The lowest BCUT2D eigenvalue weighted by Gasteiger charge is -2.31. The number of ether oxygens (including phenoxy) is 1. The maximum absolute atomic E-state index is 12.3. The van der Waals surface area contributed by atoms with E-state index in [0.29, 0.717) is 41.3 Å². The minimum atomic E-state index is -0.337. The number of aromatic nitrogens is 3. The van der Waals surface area contributed by atoms with Gasteiger partial charge in [-0.25, -0.2) is 4.79 Å². The minimum absolute atomic E-state index is 0.132. The Balaban J connectivity index is 1.35. The summed E-state index contributed by atoms with van der Waals surface area (Å²) in [4.78, 5) is 25.9. The smallest absolute Gasteiger partial charge is 0.410 e. The average Bonchev–Trinajstić information content (AvgIpc) is 3.12. The monoisotopic (exact) mass is 439 g/mol. The van der Waals surface area contributed by atoms with Gasteiger partial charge in [-0.3, -0.25) is 9.48 Å². The summed E-state index contributed by atoms with van der Waals surface area (Å²) in [6.07, 6.45) is 3.85. The first-order chi connectivity index (χ1) is 13.9. The van der Waals surface area contributed by atoms with Gasteiger partial charge in [-0.2, -0.15) is 0 Å². The van der Waals surface area contributed by atoms with Crippen LogP contribution in [0.4, 0.5) is 4.79 Å². The molecular weight excluding hydrogens is 417 g/mol. The molecular formula is C19H23Cl2N5O3. The van der Waals surface area contributed by atoms with Gasteiger partial charge in [0.05, 0.1) is 6.20 Å². The van der Waals surface area contributed by atoms with Crippen molar-refractivity contribution in [2.24, 2.45) is 13.0 Å². The van der Waals surface area contributed by atoms with Crippen molar-refractivity contribution in [1.82, 2.24) is 25.2 Å². The molecule has 1 aromatic carbocycles. The van der Waals surface area contributed by atoms with Gasteiger partial charge in [0.15, 0.2) is 5.69 Å². The molecule has 0 spiro atoms. The van der Waals surface area contributed by atoms with Crippen molar-refractivity contribution in [3.8, 4) is 0 Å². The summed E-state index contributed by atoms with van der Waals surface area (Å²) in [6, 6.07) is 5.08. The average molecular weight is 440 g/mol. The Morgan fingerprint density at radius 1 is 1.21 bits per heavy atom. The van der Waals surface area contributed by atoms with E-state index < -0.39 is 0 Å². The molecule has 3 rings (SSSR count). The molecule has 1 N–H and O–H groups in total. The van der Waals surface area contributed by atoms with Gasteiger partial charge in [0, 0.05) is 36.7 Å². The Labute approximate surface area is 179 Å². The number of amides is 2. The van der Waals surface area contributed by atoms with E-state index in [9.17, 15) is 9.59 Å². The lowest BCUT2D eigenvalue weighted by molar-refractivity contribution is 0.0813. The molecule has 10 heteroatoms. The molecule has 0 atom stereocenters. The third-order valence-corrected chi connectivity index (χ3v) is 5.27. The van der Waals surface area contributed by atoms with Gasteiger partial charge in [0.2, 0.25) is 0 Å². The van der Waals surface area contributed by atoms with Crippen molar-refractivity contribution >= 4 is 35.2 Å². The summed E-state index contributed by atoms with van der Waals surface area (Å²) in [5.41, 5.74) is 1.07. The summed E-state index contributed by atoms with van der Waals surface area (Å²) in [7, 11) is 1.71. The first-order valence-corrected chi connectivity index (χ1v) is 10.2. The first kappa shape index (κ1) is 21.4. The van der Waals surface area contributed by atoms with Crippen LogP contribution in [0.15, 0.2) is 24.4 Å². The van der Waals surface area contributed by atoms with E-state index in [-0.39, 0.29) is 18.6 Å². The summed E-state index contributed by atoms with van der Waals surface area (Å²) in [5.74, 6) is 0.230. The summed E-state index contributed by atoms with van der Waals surface area (Å²) >= 11 is 11.9. The molecule has 1 aliphatic rings. The molecule has 0 saturated carbocycles. The predicted molar refractivity (Wildman–Crippen MR) is 109 cm³/mol. The van der Waals surface area contributed by atoms with Crippen molar-refractivity contribution < 1.29 is 14.3 Å². The zero-order chi connectivity index (χ0) is 20.8. The number of aryl methyl sites for hydroxylation is 1. The number of halogens is 2. The first-order valence-electron chi connectivity index (χ1n) is 9.42. The topological polar surface area (TPSA) is 89.4 Å². The largest absolute Gasteiger partial charge is 0.445 e. The molecule has 0 bridgehead atoms. The van der Waals surface area contributed by atoms with Crippen LogP contribution < -0.4 is 5.32 Å². The van der Waals surface area contributed by atoms with Crippen LogP contribution in [0.1, 0.15) is 35.3 Å². The van der Waals surface area contributed by atoms with E-state index in [1.54, 1.807) is 36.3 Å². The molecule has 2 heterocycles. The van der Waals surface area contributed by atoms with Crippen LogP contribution in [-0.2, 0) is 18.4 Å². The van der Waals surface area contributed by atoms with Crippen molar-refractivity contribution in [2.45, 2.75) is 25.9 Å². The van der Waals surface area contributed by atoms with Gasteiger partial charge in [0.25, 0.3) is 5.91 Å². The highest BCUT2D eigenvalue weighted by atomic mass is 35.5. The van der Waals surface area contributed by atoms with E-state index in [1.807, 2.05) is 0 Å². The van der Waals surface area contributed by atoms with E-state index in [2.05, 4.69) is 15.6 Å². The van der Waals surface area contributed by atoms with E-state index in [1.165, 1.54) is 4.68 Å². The predicted octanol–water partition coefficient (Wildman–Crippen LogP) is 3.29. The van der Waals surface area contributed by atoms with Crippen LogP contribution in [-0.4, -0.2) is 51.5 Å². The lowest BCUT2D eigenvalue weighted by Crippen LogP contribution is -2.39. The highest BCUT2D eigenvalue weighted by Crippen LogP contribution is 2.22. The van der Waals surface area contributed by atoms with Gasteiger partial charge in [-0.1, -0.05) is 28.4 Å². The van der Waals surface area contributed by atoms with Crippen LogP contribution >= 0.6 is 23.2 Å². The zero-order valence-electron chi connectivity index (χ0n) is 16.1. The van der Waals surface area contributed by atoms with Crippen molar-refractivity contribution in [1.29, 1.82) is 0 Å². The second kappa shape index (κ2) is 9.93. The fourth-order valence-electron chi connectivity index (χ4n) is 3.27. The van der Waals surface area contributed by atoms with E-state index in [4.69, 9.17) is 27.9 Å². The molecule has 1 saturated heterocycles. The quantitative estimate of drug-likeness (QED) is 0.745. The standard InChI is InChI=1S/C19H23Cl2N5O3/c1-25-11-17(23-24-25)18(27)22-5-2-13-3-6-26(7-4-13)19(28)29-12-14-8-15(20)10-16(21)9-14/h8-11,13H,2-7,12H2,1H3,(H,22,27). The number of carbonyl (C=O) groups excluding carboxylic acids is 2. The number of nitrogens with one attached hydrogen (secondary N) is 1. The molecule has 1 aliphatic heterocycles. The van der Waals surface area contributed by atoms with Gasteiger partial charge in [-0.05, 0) is 48.9 Å². The maximum atomic E-state index is 12.3. The third kappa shape index (κ3) is 6.33. The molecule has 0 aliphatic carbocycles. The Hall–Kier alpha value is -2.32. The Kier molecular flexibility index (Phi) is 7.33. The number of hydrogen-bond acceptors (Lipinski definition) is 5. The van der Waals surface area contributed by atoms with E-state index >= 15 is 0 Å². The van der Waals surface area contributed by atoms with Gasteiger partial charge >= 0.3 is 6.09 Å². The van der Waals surface area contributed by atoms with Crippen LogP contribution in [0.25, 0.3) is 0 Å². The summed E-state index contributed by atoms with van der Waals surface area (Å²) in [6.45, 7) is 1.98. The Morgan fingerprint density at radius 3 is 2.52 bits per heavy atom. The van der Waals surface area contributed by atoms with Crippen LogP contribution in [0.5, 0.6) is 0 Å². The van der Waals surface area contributed by atoms with Crippen LogP contribution in [0, 0.1) is 5.92 Å². The number of likely N-dealkylation sites (tertiary alicyclic amines) is 1. The molecule has 0 radical (unpaired) electrons. The molecule has 29 heavy (non-hydrogen) atoms. The Morgan fingerprint density at radius 2 is 1.90 bits per heavy atom. The fourth-order valence-corrected chi connectivity index (χ4v) is 3.84. The molecule has 1 aromatic heterocycles. The number of carbonyl (C=O) groups is 2. The van der Waals surface area contributed by atoms with Gasteiger partial charge in [0.1, 0.15) is 6.61 Å². The molecule has 156 valence electrons. The van der Waals surface area contributed by atoms with Crippen LogP contribution in [0.2, 0.25) is 10.0 Å². The number of rotatable bonds is 6. The normalized spacial score (nSPS) is 14.7. The number of benzene rings is 1. The SMILES string of the molecule is Cn1cc(C(=O)NCCC2CCN(C(=O)OCc3cc(Cl)cc(Cl)c3)CC2)nn1. The van der Waals surface area contributed by atoms with Crippen molar-refractivity contribution in [2.75, 3.05) is 19.6 Å². The maximum Gasteiger partial charge on any atom is 0.410 e.